The van der Waals surface area contributed by atoms with Crippen LogP contribution in [0.2, 0.25) is 10.0 Å². The monoisotopic (exact) mass is 310 g/mol. The van der Waals surface area contributed by atoms with E-state index in [9.17, 15) is 4.79 Å². The van der Waals surface area contributed by atoms with Crippen molar-refractivity contribution >= 4 is 29.1 Å². The Bertz CT molecular complexity index is 629. The van der Waals surface area contributed by atoms with Gasteiger partial charge in [-0.15, -0.1) is 0 Å². The molecule has 1 unspecified atom stereocenters. The van der Waals surface area contributed by atoms with Crippen molar-refractivity contribution in [1.82, 2.24) is 20.3 Å². The molecule has 3 rings (SSSR count). The first-order valence-corrected chi connectivity index (χ1v) is 7.04. The van der Waals surface area contributed by atoms with E-state index < -0.39 is 0 Å². The van der Waals surface area contributed by atoms with E-state index in [-0.39, 0.29) is 11.9 Å². The molecule has 2 heterocycles. The maximum Gasteiger partial charge on any atom is 0.276 e. The molecule has 0 spiro atoms. The molecule has 1 aliphatic heterocycles. The second-order valence-electron chi connectivity index (χ2n) is 4.69. The van der Waals surface area contributed by atoms with E-state index in [1.54, 1.807) is 11.0 Å². The van der Waals surface area contributed by atoms with Gasteiger partial charge in [0, 0.05) is 6.54 Å². The lowest BCUT2D eigenvalue weighted by Gasteiger charge is -2.24. The minimum atomic E-state index is -0.118. The van der Waals surface area contributed by atoms with Crippen molar-refractivity contribution in [2.75, 3.05) is 6.54 Å². The number of rotatable bonds is 2. The molecule has 1 N–H and O–H groups in total. The van der Waals surface area contributed by atoms with Gasteiger partial charge in [0.2, 0.25) is 0 Å². The van der Waals surface area contributed by atoms with Crippen LogP contribution in [0.5, 0.6) is 0 Å². The normalized spacial score (nSPS) is 18.5. The Morgan fingerprint density at radius 1 is 1.35 bits per heavy atom. The number of carbonyl (C=O) groups excluding carboxylic acids is 1. The third-order valence-electron chi connectivity index (χ3n) is 3.48. The van der Waals surface area contributed by atoms with Crippen molar-refractivity contribution in [2.45, 2.75) is 18.9 Å². The van der Waals surface area contributed by atoms with Crippen molar-refractivity contribution in [1.29, 1.82) is 0 Å². The highest BCUT2D eigenvalue weighted by Crippen LogP contribution is 2.35. The lowest BCUT2D eigenvalue weighted by Crippen LogP contribution is -2.30. The van der Waals surface area contributed by atoms with Crippen LogP contribution < -0.4 is 0 Å². The fraction of sp³-hybridized carbons (Fsp3) is 0.308. The number of aromatic nitrogens is 3. The van der Waals surface area contributed by atoms with Crippen LogP contribution in [0, 0.1) is 0 Å². The van der Waals surface area contributed by atoms with Crippen LogP contribution in [0.4, 0.5) is 0 Å². The number of hydrogen-bond acceptors (Lipinski definition) is 3. The standard InChI is InChI=1S/C13H12Cl2N4O/c14-9-4-3-8(6-10(9)15)12-2-1-5-19(12)13(20)11-7-16-18-17-11/h3-4,6-7,12H,1-2,5H2,(H,16,17,18). The first kappa shape index (κ1) is 13.4. The number of carbonyl (C=O) groups is 1. The Morgan fingerprint density at radius 2 is 2.20 bits per heavy atom. The van der Waals surface area contributed by atoms with Crippen LogP contribution in [0.3, 0.4) is 0 Å². The number of hydrogen-bond donors (Lipinski definition) is 1. The molecule has 1 aromatic heterocycles. The number of H-pyrrole nitrogens is 1. The summed E-state index contributed by atoms with van der Waals surface area (Å²) in [5.74, 6) is -0.118. The van der Waals surface area contributed by atoms with E-state index in [1.807, 2.05) is 12.1 Å². The number of likely N-dealkylation sites (tertiary alicyclic amines) is 1. The third kappa shape index (κ3) is 2.39. The molecule has 7 heteroatoms. The molecule has 1 aromatic carbocycles. The molecule has 20 heavy (non-hydrogen) atoms. The average Bonchev–Trinajstić information content (AvgIpc) is 3.11. The summed E-state index contributed by atoms with van der Waals surface area (Å²) >= 11 is 12.0. The smallest absolute Gasteiger partial charge is 0.276 e. The van der Waals surface area contributed by atoms with Crippen molar-refractivity contribution < 1.29 is 4.79 Å². The quantitative estimate of drug-likeness (QED) is 0.927. The molecule has 1 fully saturated rings. The zero-order valence-electron chi connectivity index (χ0n) is 10.5. The van der Waals surface area contributed by atoms with Gasteiger partial charge in [0.1, 0.15) is 0 Å². The molecule has 0 radical (unpaired) electrons. The molecule has 2 aromatic rings. The minimum Gasteiger partial charge on any atom is -0.330 e. The topological polar surface area (TPSA) is 61.9 Å². The number of benzene rings is 1. The summed E-state index contributed by atoms with van der Waals surface area (Å²) in [6.07, 6.45) is 3.29. The molecular formula is C13H12Cl2N4O. The van der Waals surface area contributed by atoms with Gasteiger partial charge in [0.25, 0.3) is 5.91 Å². The first-order chi connectivity index (χ1) is 9.66. The largest absolute Gasteiger partial charge is 0.330 e. The Kier molecular flexibility index (Phi) is 3.63. The predicted octanol–water partition coefficient (Wildman–Crippen LogP) is 3.09. The third-order valence-corrected chi connectivity index (χ3v) is 4.22. The molecule has 1 saturated heterocycles. The summed E-state index contributed by atoms with van der Waals surface area (Å²) in [5, 5.41) is 11.0. The number of nitrogens with zero attached hydrogens (tertiary/aromatic N) is 3. The summed E-state index contributed by atoms with van der Waals surface area (Å²) in [6, 6.07) is 5.50. The number of aromatic amines is 1. The maximum absolute atomic E-state index is 12.4. The van der Waals surface area contributed by atoms with Gasteiger partial charge in [0.15, 0.2) is 5.69 Å². The van der Waals surface area contributed by atoms with E-state index in [1.165, 1.54) is 6.20 Å². The van der Waals surface area contributed by atoms with E-state index >= 15 is 0 Å². The van der Waals surface area contributed by atoms with Crippen LogP contribution in [0.1, 0.15) is 34.9 Å². The summed E-state index contributed by atoms with van der Waals surface area (Å²) in [5.41, 5.74) is 1.32. The molecule has 1 amide bonds. The highest BCUT2D eigenvalue weighted by Gasteiger charge is 2.31. The van der Waals surface area contributed by atoms with Crippen LogP contribution >= 0.6 is 23.2 Å². The molecule has 0 saturated carbocycles. The Balaban J connectivity index is 1.88. The van der Waals surface area contributed by atoms with Crippen LogP contribution in [0.15, 0.2) is 24.4 Å². The van der Waals surface area contributed by atoms with Gasteiger partial charge in [-0.1, -0.05) is 29.3 Å². The van der Waals surface area contributed by atoms with Crippen molar-refractivity contribution in [3.05, 3.63) is 45.7 Å². The Labute approximate surface area is 125 Å². The van der Waals surface area contributed by atoms with Crippen molar-refractivity contribution in [2.24, 2.45) is 0 Å². The van der Waals surface area contributed by atoms with E-state index in [0.29, 0.717) is 22.3 Å². The Morgan fingerprint density at radius 3 is 2.90 bits per heavy atom. The van der Waals surface area contributed by atoms with Gasteiger partial charge in [-0.05, 0) is 30.5 Å². The summed E-state index contributed by atoms with van der Waals surface area (Å²) in [7, 11) is 0. The van der Waals surface area contributed by atoms with Crippen LogP contribution in [0.25, 0.3) is 0 Å². The van der Waals surface area contributed by atoms with E-state index in [2.05, 4.69) is 15.4 Å². The van der Waals surface area contributed by atoms with E-state index in [0.717, 1.165) is 18.4 Å². The van der Waals surface area contributed by atoms with Gasteiger partial charge in [0.05, 0.1) is 22.3 Å². The summed E-state index contributed by atoms with van der Waals surface area (Å²) in [6.45, 7) is 0.705. The fourth-order valence-corrected chi connectivity index (χ4v) is 2.83. The van der Waals surface area contributed by atoms with Gasteiger partial charge in [-0.25, -0.2) is 0 Å². The predicted molar refractivity (Wildman–Crippen MR) is 75.9 cm³/mol. The fourth-order valence-electron chi connectivity index (χ4n) is 2.53. The first-order valence-electron chi connectivity index (χ1n) is 6.28. The van der Waals surface area contributed by atoms with Gasteiger partial charge in [-0.3, -0.25) is 4.79 Å². The highest BCUT2D eigenvalue weighted by molar-refractivity contribution is 6.42. The van der Waals surface area contributed by atoms with Crippen molar-refractivity contribution in [3.8, 4) is 0 Å². The highest BCUT2D eigenvalue weighted by atomic mass is 35.5. The van der Waals surface area contributed by atoms with Crippen LogP contribution in [-0.2, 0) is 0 Å². The molecule has 5 nitrogen and oxygen atoms in total. The lowest BCUT2D eigenvalue weighted by molar-refractivity contribution is 0.0729. The number of halogens is 2. The average molecular weight is 311 g/mol. The molecule has 0 bridgehead atoms. The zero-order chi connectivity index (χ0) is 14.1. The second-order valence-corrected chi connectivity index (χ2v) is 5.50. The lowest BCUT2D eigenvalue weighted by atomic mass is 10.0. The van der Waals surface area contributed by atoms with Gasteiger partial charge >= 0.3 is 0 Å². The molecule has 1 atom stereocenters. The molecule has 1 aliphatic rings. The van der Waals surface area contributed by atoms with Gasteiger partial charge in [-0.2, -0.15) is 15.4 Å². The van der Waals surface area contributed by atoms with Crippen molar-refractivity contribution in [3.63, 3.8) is 0 Å². The summed E-state index contributed by atoms with van der Waals surface area (Å²) in [4.78, 5) is 14.2. The minimum absolute atomic E-state index is 0.00830. The summed E-state index contributed by atoms with van der Waals surface area (Å²) < 4.78 is 0. The molecule has 104 valence electrons. The van der Waals surface area contributed by atoms with Crippen LogP contribution in [-0.4, -0.2) is 32.8 Å². The molecular weight excluding hydrogens is 299 g/mol. The van der Waals surface area contributed by atoms with E-state index in [4.69, 9.17) is 23.2 Å². The van der Waals surface area contributed by atoms with Gasteiger partial charge < -0.3 is 4.90 Å². The maximum atomic E-state index is 12.4. The SMILES string of the molecule is O=C(c1cn[nH]n1)N1CCCC1c1ccc(Cl)c(Cl)c1. The molecule has 0 aliphatic carbocycles. The second kappa shape index (κ2) is 5.42. The zero-order valence-corrected chi connectivity index (χ0v) is 12.0. The Hall–Kier alpha value is -1.59. The number of amides is 1. The number of nitrogens with one attached hydrogen (secondary N) is 1.